The zero-order chi connectivity index (χ0) is 15.6. The van der Waals surface area contributed by atoms with Gasteiger partial charge in [-0.05, 0) is 35.4 Å². The van der Waals surface area contributed by atoms with E-state index in [4.69, 9.17) is 4.42 Å². The molecule has 0 saturated carbocycles. The third-order valence-corrected chi connectivity index (χ3v) is 4.28. The molecule has 0 amide bonds. The smallest absolute Gasteiger partial charge is 0.135 e. The van der Waals surface area contributed by atoms with Crippen LogP contribution in [0.3, 0.4) is 0 Å². The molecular weight excluding hydrogens is 280 g/mol. The first-order valence-electron chi connectivity index (χ1n) is 7.93. The molecule has 0 bridgehead atoms. The first-order chi connectivity index (χ1) is 11.3. The van der Waals surface area contributed by atoms with Gasteiger partial charge in [-0.3, -0.25) is 0 Å². The topological polar surface area (TPSA) is 13.1 Å². The normalized spacial score (nSPS) is 14.5. The van der Waals surface area contributed by atoms with Crippen LogP contribution in [0.4, 0.5) is 0 Å². The molecule has 1 aliphatic rings. The molecule has 2 aromatic carbocycles. The van der Waals surface area contributed by atoms with E-state index >= 15 is 0 Å². The van der Waals surface area contributed by atoms with E-state index in [0.717, 1.165) is 11.5 Å². The van der Waals surface area contributed by atoms with Gasteiger partial charge in [0.2, 0.25) is 0 Å². The molecular formula is C22H18O. The van der Waals surface area contributed by atoms with E-state index < -0.39 is 0 Å². The minimum absolute atomic E-state index is 0.245. The summed E-state index contributed by atoms with van der Waals surface area (Å²) in [6, 6.07) is 17.0. The maximum absolute atomic E-state index is 5.98. The molecule has 0 spiro atoms. The van der Waals surface area contributed by atoms with Crippen molar-refractivity contribution in [2.45, 2.75) is 12.8 Å². The molecule has 0 atom stereocenters. The van der Waals surface area contributed by atoms with E-state index in [1.807, 2.05) is 13.0 Å². The molecule has 3 aromatic rings. The lowest BCUT2D eigenvalue weighted by atomic mass is 9.88. The molecule has 0 N–H and O–H groups in total. The summed E-state index contributed by atoms with van der Waals surface area (Å²) in [6.45, 7) is 1.99. The van der Waals surface area contributed by atoms with E-state index in [1.54, 1.807) is 0 Å². The first kappa shape index (κ1) is 13.8. The van der Waals surface area contributed by atoms with E-state index in [0.29, 0.717) is 0 Å². The molecule has 0 unspecified atom stereocenters. The van der Waals surface area contributed by atoms with Gasteiger partial charge in [0.25, 0.3) is 0 Å². The van der Waals surface area contributed by atoms with E-state index in [9.17, 15) is 0 Å². The molecule has 1 aliphatic carbocycles. The van der Waals surface area contributed by atoms with Crippen molar-refractivity contribution in [3.8, 4) is 11.3 Å². The monoisotopic (exact) mass is 298 g/mol. The summed E-state index contributed by atoms with van der Waals surface area (Å²) in [5, 5.41) is 2.47. The number of fused-ring (bicyclic) bond motifs is 1. The standard InChI is InChI=1S/C22H18O/c1-16-12-15-21(23-16)22-19-11-7-6-10-18(19)13-14-20(22)17-8-4-2-3-5-9-17/h2-15,17H,1H3. The maximum atomic E-state index is 5.98. The van der Waals surface area contributed by atoms with Gasteiger partial charge in [-0.2, -0.15) is 0 Å². The SMILES string of the molecule is Cc1ccc(-c2c(C3C=CC=CC=C3)ccc3ccccc23)o1. The molecule has 1 heteroatoms. The summed E-state index contributed by atoms with van der Waals surface area (Å²) in [5.41, 5.74) is 2.46. The molecule has 23 heavy (non-hydrogen) atoms. The lowest BCUT2D eigenvalue weighted by Crippen LogP contribution is -1.96. The van der Waals surface area contributed by atoms with Gasteiger partial charge in [0, 0.05) is 11.5 Å². The highest BCUT2D eigenvalue weighted by Gasteiger charge is 2.17. The van der Waals surface area contributed by atoms with Gasteiger partial charge in [-0.25, -0.2) is 0 Å². The molecule has 1 heterocycles. The minimum atomic E-state index is 0.245. The minimum Gasteiger partial charge on any atom is -0.461 e. The van der Waals surface area contributed by atoms with Crippen LogP contribution in [-0.4, -0.2) is 0 Å². The summed E-state index contributed by atoms with van der Waals surface area (Å²) in [6.07, 6.45) is 12.8. The quantitative estimate of drug-likeness (QED) is 0.551. The number of rotatable bonds is 2. The van der Waals surface area contributed by atoms with Crippen LogP contribution in [0.2, 0.25) is 0 Å². The van der Waals surface area contributed by atoms with Crippen molar-refractivity contribution in [1.29, 1.82) is 0 Å². The number of aryl methyl sites for hydroxylation is 1. The summed E-state index contributed by atoms with van der Waals surface area (Å²) < 4.78 is 5.98. The van der Waals surface area contributed by atoms with Gasteiger partial charge in [0.15, 0.2) is 0 Å². The van der Waals surface area contributed by atoms with Crippen LogP contribution < -0.4 is 0 Å². The summed E-state index contributed by atoms with van der Waals surface area (Å²) in [7, 11) is 0. The Balaban J connectivity index is 2.00. The van der Waals surface area contributed by atoms with Gasteiger partial charge in [0.1, 0.15) is 11.5 Å². The second-order valence-electron chi connectivity index (χ2n) is 5.84. The summed E-state index contributed by atoms with van der Waals surface area (Å²) >= 11 is 0. The van der Waals surface area contributed by atoms with E-state index in [1.165, 1.54) is 21.9 Å². The van der Waals surface area contributed by atoms with Crippen LogP contribution in [0.15, 0.2) is 89.4 Å². The molecule has 0 aliphatic heterocycles. The second kappa shape index (κ2) is 5.77. The van der Waals surface area contributed by atoms with Gasteiger partial charge in [-0.15, -0.1) is 0 Å². The Kier molecular flexibility index (Phi) is 3.47. The van der Waals surface area contributed by atoms with Crippen LogP contribution in [-0.2, 0) is 0 Å². The third-order valence-electron chi connectivity index (χ3n) is 4.28. The Bertz CT molecular complexity index is 922. The summed E-state index contributed by atoms with van der Waals surface area (Å²) in [5.74, 6) is 2.12. The van der Waals surface area contributed by atoms with Gasteiger partial charge >= 0.3 is 0 Å². The van der Waals surface area contributed by atoms with Crippen LogP contribution in [0.25, 0.3) is 22.1 Å². The predicted octanol–water partition coefficient (Wildman–Crippen LogP) is 6.17. The molecule has 1 nitrogen and oxygen atoms in total. The zero-order valence-electron chi connectivity index (χ0n) is 13.1. The van der Waals surface area contributed by atoms with Crippen molar-refractivity contribution in [1.82, 2.24) is 0 Å². The van der Waals surface area contributed by atoms with Gasteiger partial charge in [-0.1, -0.05) is 72.9 Å². The van der Waals surface area contributed by atoms with Crippen molar-refractivity contribution in [2.75, 3.05) is 0 Å². The van der Waals surface area contributed by atoms with Crippen molar-refractivity contribution in [2.24, 2.45) is 0 Å². The highest BCUT2D eigenvalue weighted by atomic mass is 16.3. The van der Waals surface area contributed by atoms with Crippen LogP contribution in [0.1, 0.15) is 17.2 Å². The number of allylic oxidation sites excluding steroid dienone is 6. The van der Waals surface area contributed by atoms with Crippen LogP contribution in [0.5, 0.6) is 0 Å². The molecule has 4 rings (SSSR count). The second-order valence-corrected chi connectivity index (χ2v) is 5.84. The molecule has 112 valence electrons. The average molecular weight is 298 g/mol. The third kappa shape index (κ3) is 2.55. The Hall–Kier alpha value is -2.80. The average Bonchev–Trinajstić information content (AvgIpc) is 2.84. The fourth-order valence-electron chi connectivity index (χ4n) is 3.18. The molecule has 1 aromatic heterocycles. The van der Waals surface area contributed by atoms with Crippen LogP contribution >= 0.6 is 0 Å². The Morgan fingerprint density at radius 1 is 0.783 bits per heavy atom. The van der Waals surface area contributed by atoms with Crippen LogP contribution in [0, 0.1) is 6.92 Å². The number of hydrogen-bond donors (Lipinski definition) is 0. The first-order valence-corrected chi connectivity index (χ1v) is 7.93. The fraction of sp³-hybridized carbons (Fsp3) is 0.0909. The fourth-order valence-corrected chi connectivity index (χ4v) is 3.18. The van der Waals surface area contributed by atoms with Gasteiger partial charge in [0.05, 0.1) is 0 Å². The molecule has 0 saturated heterocycles. The zero-order valence-corrected chi connectivity index (χ0v) is 13.1. The largest absolute Gasteiger partial charge is 0.461 e. The summed E-state index contributed by atoms with van der Waals surface area (Å²) in [4.78, 5) is 0. The van der Waals surface area contributed by atoms with Gasteiger partial charge < -0.3 is 4.42 Å². The highest BCUT2D eigenvalue weighted by molar-refractivity contribution is 5.97. The number of benzene rings is 2. The number of furan rings is 1. The predicted molar refractivity (Wildman–Crippen MR) is 96.5 cm³/mol. The Morgan fingerprint density at radius 3 is 2.30 bits per heavy atom. The maximum Gasteiger partial charge on any atom is 0.135 e. The van der Waals surface area contributed by atoms with E-state index in [-0.39, 0.29) is 5.92 Å². The van der Waals surface area contributed by atoms with Crippen molar-refractivity contribution in [3.63, 3.8) is 0 Å². The van der Waals surface area contributed by atoms with E-state index in [2.05, 4.69) is 78.9 Å². The highest BCUT2D eigenvalue weighted by Crippen LogP contribution is 2.38. The molecule has 0 radical (unpaired) electrons. The lowest BCUT2D eigenvalue weighted by molar-refractivity contribution is 0.548. The molecule has 0 fully saturated rings. The lowest BCUT2D eigenvalue weighted by Gasteiger charge is -2.15. The van der Waals surface area contributed by atoms with Crippen molar-refractivity contribution in [3.05, 3.63) is 96.3 Å². The van der Waals surface area contributed by atoms with Crippen molar-refractivity contribution < 1.29 is 4.42 Å². The number of hydrogen-bond acceptors (Lipinski definition) is 1. The van der Waals surface area contributed by atoms with Crippen molar-refractivity contribution >= 4 is 10.8 Å². The Morgan fingerprint density at radius 2 is 1.57 bits per heavy atom. The Labute approximate surface area is 136 Å².